The molecule has 3 N–H and O–H groups in total. The quantitative estimate of drug-likeness (QED) is 0.207. The number of benzene rings is 2. The van der Waals surface area contributed by atoms with Crippen LogP contribution in [-0.2, 0) is 4.79 Å². The molecule has 1 aliphatic rings. The van der Waals surface area contributed by atoms with Gasteiger partial charge in [0.2, 0.25) is 23.3 Å². The van der Waals surface area contributed by atoms with Crippen molar-refractivity contribution in [3.8, 4) is 22.8 Å². The largest absolute Gasteiger partial charge is 0.451 e. The Kier molecular flexibility index (Phi) is 6.43. The third kappa shape index (κ3) is 4.40. The van der Waals surface area contributed by atoms with Crippen molar-refractivity contribution >= 4 is 22.8 Å². The average molecular weight is 530 g/mol. The predicted molar refractivity (Wildman–Crippen MR) is 126 cm³/mol. The Morgan fingerprint density at radius 3 is 2.50 bits per heavy atom. The number of amides is 1. The molecule has 1 amide bonds. The molecule has 2 atom stereocenters. The van der Waals surface area contributed by atoms with Gasteiger partial charge < -0.3 is 15.8 Å². The van der Waals surface area contributed by atoms with Gasteiger partial charge in [0, 0.05) is 23.7 Å². The molecule has 0 aliphatic heterocycles. The first-order chi connectivity index (χ1) is 18.2. The first-order valence-corrected chi connectivity index (χ1v) is 11.4. The molecule has 1 fully saturated rings. The molecule has 8 nitrogen and oxygen atoms in total. The maximum atomic E-state index is 15.3. The summed E-state index contributed by atoms with van der Waals surface area (Å²) in [5.74, 6) is -9.78. The predicted octanol–water partition coefficient (Wildman–Crippen LogP) is 4.96. The van der Waals surface area contributed by atoms with Crippen LogP contribution < -0.4 is 15.8 Å². The van der Waals surface area contributed by atoms with Gasteiger partial charge in [0.1, 0.15) is 29.4 Å². The Labute approximate surface area is 211 Å². The molecule has 1 unspecified atom stereocenters. The van der Waals surface area contributed by atoms with Crippen LogP contribution in [0.4, 0.5) is 27.8 Å². The van der Waals surface area contributed by atoms with E-state index in [4.69, 9.17) is 10.5 Å². The minimum Gasteiger partial charge on any atom is -0.451 e. The molecule has 2 aromatic carbocycles. The number of hydrogen-bond donors (Lipinski definition) is 2. The lowest BCUT2D eigenvalue weighted by Gasteiger charge is -2.13. The molecule has 1 aliphatic carbocycles. The van der Waals surface area contributed by atoms with Gasteiger partial charge in [-0.3, -0.25) is 4.79 Å². The van der Waals surface area contributed by atoms with E-state index in [0.717, 1.165) is 12.1 Å². The highest BCUT2D eigenvalue weighted by Crippen LogP contribution is 2.39. The first kappa shape index (κ1) is 25.1. The molecule has 0 radical (unpaired) electrons. The van der Waals surface area contributed by atoms with Crippen LogP contribution in [0.25, 0.3) is 22.3 Å². The number of nitrogen functional groups attached to an aromatic ring is 1. The van der Waals surface area contributed by atoms with E-state index >= 15 is 4.39 Å². The summed E-state index contributed by atoms with van der Waals surface area (Å²) in [6.07, 6.45) is 4.30. The van der Waals surface area contributed by atoms with Crippen LogP contribution in [0.5, 0.6) is 11.5 Å². The second kappa shape index (κ2) is 9.72. The Bertz CT molecular complexity index is 1560. The highest BCUT2D eigenvalue weighted by molar-refractivity contribution is 5.98. The Hall–Kier alpha value is -4.55. The molecule has 0 saturated heterocycles. The Morgan fingerprint density at radius 1 is 1.08 bits per heavy atom. The maximum Gasteiger partial charge on any atom is 0.243 e. The summed E-state index contributed by atoms with van der Waals surface area (Å²) < 4.78 is 76.8. The molecule has 196 valence electrons. The van der Waals surface area contributed by atoms with Gasteiger partial charge >= 0.3 is 0 Å². The van der Waals surface area contributed by atoms with Crippen molar-refractivity contribution in [3.63, 3.8) is 0 Å². The SMILES string of the molecule is C=CC(=O)N[C@H]1CCC(n2nc(-c3ccc(Oc4c(F)c(F)cc(F)c4F)cc3F)c3c(N)ncnc32)C1. The van der Waals surface area contributed by atoms with Crippen molar-refractivity contribution in [3.05, 3.63) is 72.3 Å². The van der Waals surface area contributed by atoms with E-state index in [2.05, 4.69) is 27.0 Å². The summed E-state index contributed by atoms with van der Waals surface area (Å²) in [6, 6.07) is 2.90. The summed E-state index contributed by atoms with van der Waals surface area (Å²) in [5.41, 5.74) is 6.50. The number of nitrogens with zero attached hydrogens (tertiary/aromatic N) is 4. The normalized spacial score (nSPS) is 17.1. The van der Waals surface area contributed by atoms with Gasteiger partial charge in [-0.25, -0.2) is 27.8 Å². The van der Waals surface area contributed by atoms with Crippen LogP contribution >= 0.6 is 0 Å². The van der Waals surface area contributed by atoms with Gasteiger partial charge in [-0.2, -0.15) is 13.9 Å². The monoisotopic (exact) mass is 530 g/mol. The molecule has 1 saturated carbocycles. The zero-order valence-corrected chi connectivity index (χ0v) is 19.5. The number of hydrogen-bond acceptors (Lipinski definition) is 6. The lowest BCUT2D eigenvalue weighted by atomic mass is 10.1. The fourth-order valence-electron chi connectivity index (χ4n) is 4.52. The third-order valence-corrected chi connectivity index (χ3v) is 6.29. The zero-order chi connectivity index (χ0) is 27.1. The highest BCUT2D eigenvalue weighted by Gasteiger charge is 2.31. The van der Waals surface area contributed by atoms with Crippen LogP contribution in [-0.4, -0.2) is 31.7 Å². The second-order valence-electron chi connectivity index (χ2n) is 8.67. The second-order valence-corrected chi connectivity index (χ2v) is 8.67. The van der Waals surface area contributed by atoms with E-state index in [-0.39, 0.29) is 46.5 Å². The van der Waals surface area contributed by atoms with Gasteiger partial charge in [0.05, 0.1) is 11.4 Å². The van der Waals surface area contributed by atoms with E-state index in [0.29, 0.717) is 24.9 Å². The molecule has 0 spiro atoms. The third-order valence-electron chi connectivity index (χ3n) is 6.29. The van der Waals surface area contributed by atoms with Gasteiger partial charge in [-0.15, -0.1) is 0 Å². The van der Waals surface area contributed by atoms with E-state index in [1.807, 2.05) is 0 Å². The molecule has 4 aromatic rings. The molecule has 38 heavy (non-hydrogen) atoms. The number of ether oxygens (including phenoxy) is 1. The van der Waals surface area contributed by atoms with E-state index < -0.39 is 40.6 Å². The van der Waals surface area contributed by atoms with Gasteiger partial charge in [0.25, 0.3) is 0 Å². The average Bonchev–Trinajstić information content (AvgIpc) is 3.51. The molecule has 2 heterocycles. The molecule has 13 heteroatoms. The number of rotatable bonds is 6. The number of nitrogens with two attached hydrogens (primary N) is 1. The van der Waals surface area contributed by atoms with E-state index in [9.17, 15) is 22.4 Å². The Morgan fingerprint density at radius 2 is 1.82 bits per heavy atom. The number of aromatic nitrogens is 4. The first-order valence-electron chi connectivity index (χ1n) is 11.4. The van der Waals surface area contributed by atoms with Gasteiger partial charge in [-0.1, -0.05) is 6.58 Å². The lowest BCUT2D eigenvalue weighted by molar-refractivity contribution is -0.117. The maximum absolute atomic E-state index is 15.3. The van der Waals surface area contributed by atoms with Crippen molar-refractivity contribution in [2.45, 2.75) is 31.3 Å². The van der Waals surface area contributed by atoms with Crippen molar-refractivity contribution in [2.24, 2.45) is 0 Å². The smallest absolute Gasteiger partial charge is 0.243 e. The van der Waals surface area contributed by atoms with E-state index in [1.54, 1.807) is 4.68 Å². The number of fused-ring (bicyclic) bond motifs is 1. The van der Waals surface area contributed by atoms with Crippen LogP contribution in [0.3, 0.4) is 0 Å². The van der Waals surface area contributed by atoms with Crippen molar-refractivity contribution in [2.75, 3.05) is 5.73 Å². The summed E-state index contributed by atoms with van der Waals surface area (Å²) >= 11 is 0. The molecule has 0 bridgehead atoms. The van der Waals surface area contributed by atoms with Crippen LogP contribution in [0, 0.1) is 29.1 Å². The highest BCUT2D eigenvalue weighted by atomic mass is 19.2. The summed E-state index contributed by atoms with van der Waals surface area (Å²) in [5, 5.41) is 7.69. The Balaban J connectivity index is 1.51. The van der Waals surface area contributed by atoms with E-state index in [1.165, 1.54) is 18.5 Å². The van der Waals surface area contributed by atoms with Crippen LogP contribution in [0.2, 0.25) is 0 Å². The van der Waals surface area contributed by atoms with Crippen LogP contribution in [0.1, 0.15) is 25.3 Å². The fourth-order valence-corrected chi connectivity index (χ4v) is 4.52. The van der Waals surface area contributed by atoms with Crippen molar-refractivity contribution < 1.29 is 31.5 Å². The van der Waals surface area contributed by atoms with Gasteiger partial charge in [0.15, 0.2) is 17.3 Å². The molecular formula is C25H19F5N6O2. The number of carbonyl (C=O) groups is 1. The minimum atomic E-state index is -1.76. The summed E-state index contributed by atoms with van der Waals surface area (Å²) in [6.45, 7) is 3.45. The molecule has 2 aromatic heterocycles. The standard InChI is InChI=1S/C25H19F5N6O2/c1-2-18(37)34-11-3-4-12(7-11)36-25-19(24(31)32-10-33-25)22(35-36)14-6-5-13(8-15(14)26)38-23-20(29)16(27)9-17(28)21(23)30/h2,5-6,8-12H,1,3-4,7H2,(H,34,37)(H2,31,32,33)/t11-,12?/m0/s1. The number of carbonyl (C=O) groups excluding carboxylic acids is 1. The topological polar surface area (TPSA) is 108 Å². The van der Waals surface area contributed by atoms with Gasteiger partial charge in [-0.05, 0) is 37.5 Å². The number of nitrogens with one attached hydrogen (secondary N) is 1. The summed E-state index contributed by atoms with van der Waals surface area (Å²) in [7, 11) is 0. The lowest BCUT2D eigenvalue weighted by Crippen LogP contribution is -2.31. The summed E-state index contributed by atoms with van der Waals surface area (Å²) in [4.78, 5) is 19.9. The molecular weight excluding hydrogens is 511 g/mol. The zero-order valence-electron chi connectivity index (χ0n) is 19.5. The van der Waals surface area contributed by atoms with Crippen molar-refractivity contribution in [1.29, 1.82) is 0 Å². The number of anilines is 1. The molecule has 5 rings (SSSR count). The fraction of sp³-hybridized carbons (Fsp3) is 0.200. The number of halogens is 5. The minimum absolute atomic E-state index is 0.0368. The van der Waals surface area contributed by atoms with Crippen LogP contribution in [0.15, 0.2) is 43.2 Å². The van der Waals surface area contributed by atoms with Crippen molar-refractivity contribution in [1.82, 2.24) is 25.1 Å².